The van der Waals surface area contributed by atoms with E-state index < -0.39 is 0 Å². The van der Waals surface area contributed by atoms with Gasteiger partial charge in [0, 0.05) is 18.0 Å². The summed E-state index contributed by atoms with van der Waals surface area (Å²) >= 11 is 4.99. The Morgan fingerprint density at radius 1 is 1.43 bits per heavy atom. The zero-order valence-corrected chi connectivity index (χ0v) is 13.9. The van der Waals surface area contributed by atoms with Crippen LogP contribution in [0, 0.1) is 0 Å². The molecule has 1 unspecified atom stereocenters. The highest BCUT2D eigenvalue weighted by atomic mass is 32.1. The molecule has 1 rings (SSSR count). The first kappa shape index (κ1) is 17.6. The lowest BCUT2D eigenvalue weighted by Crippen LogP contribution is -2.30. The van der Waals surface area contributed by atoms with Crippen LogP contribution in [-0.2, 0) is 4.79 Å². The molecule has 1 atom stereocenters. The van der Waals surface area contributed by atoms with Gasteiger partial charge in [-0.3, -0.25) is 4.79 Å². The third-order valence-electron chi connectivity index (χ3n) is 3.72. The number of para-hydroxylation sites is 1. The lowest BCUT2D eigenvalue weighted by molar-refractivity contribution is -0.116. The topological polar surface area (TPSA) is 58.4 Å². The maximum Gasteiger partial charge on any atom is 0.224 e. The summed E-state index contributed by atoms with van der Waals surface area (Å²) in [5.41, 5.74) is 7.04. The molecule has 0 bridgehead atoms. The van der Waals surface area contributed by atoms with Gasteiger partial charge in [0.05, 0.1) is 5.69 Å². The minimum absolute atomic E-state index is 0.00347. The number of nitrogens with zero attached hydrogens (tertiary/aromatic N) is 1. The van der Waals surface area contributed by atoms with E-state index in [-0.39, 0.29) is 5.91 Å². The molecule has 0 saturated carbocycles. The van der Waals surface area contributed by atoms with Crippen LogP contribution >= 0.6 is 12.2 Å². The van der Waals surface area contributed by atoms with Crippen molar-refractivity contribution in [1.29, 1.82) is 0 Å². The van der Waals surface area contributed by atoms with Gasteiger partial charge in [-0.1, -0.05) is 31.3 Å². The van der Waals surface area contributed by atoms with Crippen LogP contribution in [0.2, 0.25) is 0 Å². The number of nitrogens with two attached hydrogens (primary N) is 1. The fraction of sp³-hybridized carbons (Fsp3) is 0.500. The van der Waals surface area contributed by atoms with E-state index in [0.29, 0.717) is 28.7 Å². The zero-order valence-electron chi connectivity index (χ0n) is 13.1. The predicted molar refractivity (Wildman–Crippen MR) is 92.6 cm³/mol. The highest BCUT2D eigenvalue weighted by Gasteiger charge is 2.10. The monoisotopic (exact) mass is 307 g/mol. The van der Waals surface area contributed by atoms with E-state index in [4.69, 9.17) is 18.0 Å². The molecule has 1 aromatic rings. The molecular weight excluding hydrogens is 282 g/mol. The molecular formula is C16H25N3OS. The van der Waals surface area contributed by atoms with Crippen molar-refractivity contribution in [2.75, 3.05) is 18.9 Å². The number of nitrogens with one attached hydrogen (secondary N) is 1. The summed E-state index contributed by atoms with van der Waals surface area (Å²) in [4.78, 5) is 14.6. The Morgan fingerprint density at radius 2 is 2.10 bits per heavy atom. The van der Waals surface area contributed by atoms with Gasteiger partial charge in [0.2, 0.25) is 5.91 Å². The number of amides is 1. The highest BCUT2D eigenvalue weighted by Crippen LogP contribution is 2.15. The molecule has 0 fully saturated rings. The molecule has 0 aliphatic carbocycles. The fourth-order valence-electron chi connectivity index (χ4n) is 2.04. The molecule has 0 aliphatic heterocycles. The van der Waals surface area contributed by atoms with E-state index in [0.717, 1.165) is 19.4 Å². The molecule has 116 valence electrons. The molecule has 5 heteroatoms. The van der Waals surface area contributed by atoms with E-state index in [1.807, 2.05) is 24.3 Å². The molecule has 1 aromatic carbocycles. The van der Waals surface area contributed by atoms with E-state index in [1.54, 1.807) is 0 Å². The van der Waals surface area contributed by atoms with Crippen LogP contribution in [0.25, 0.3) is 0 Å². The first-order valence-corrected chi connectivity index (χ1v) is 7.75. The first-order chi connectivity index (χ1) is 9.95. The SMILES string of the molecule is CCC(C)N(C)CCCC(=O)Nc1ccccc1C(N)=S. The zero-order chi connectivity index (χ0) is 15.8. The summed E-state index contributed by atoms with van der Waals surface area (Å²) in [7, 11) is 2.09. The van der Waals surface area contributed by atoms with Crippen molar-refractivity contribution >= 4 is 28.8 Å². The smallest absolute Gasteiger partial charge is 0.224 e. The number of anilines is 1. The number of benzene rings is 1. The van der Waals surface area contributed by atoms with E-state index >= 15 is 0 Å². The first-order valence-electron chi connectivity index (χ1n) is 7.34. The third-order valence-corrected chi connectivity index (χ3v) is 3.94. The maximum absolute atomic E-state index is 12.0. The standard InChI is InChI=1S/C16H25N3OS/c1-4-12(2)19(3)11-7-10-15(20)18-14-9-6-5-8-13(14)16(17)21/h5-6,8-9,12H,4,7,10-11H2,1-3H3,(H2,17,21)(H,18,20). The summed E-state index contributed by atoms with van der Waals surface area (Å²) in [6.45, 7) is 5.28. The number of hydrogen-bond donors (Lipinski definition) is 2. The summed E-state index contributed by atoms with van der Waals surface area (Å²) in [6.07, 6.45) is 2.44. The van der Waals surface area contributed by atoms with Crippen molar-refractivity contribution in [1.82, 2.24) is 4.90 Å². The Morgan fingerprint density at radius 3 is 2.71 bits per heavy atom. The second kappa shape index (κ2) is 8.74. The van der Waals surface area contributed by atoms with Crippen LogP contribution in [0.3, 0.4) is 0 Å². The number of thiocarbonyl (C=S) groups is 1. The summed E-state index contributed by atoms with van der Waals surface area (Å²) < 4.78 is 0. The van der Waals surface area contributed by atoms with Gasteiger partial charge in [0.15, 0.2) is 0 Å². The molecule has 3 N–H and O–H groups in total. The van der Waals surface area contributed by atoms with Crippen molar-refractivity contribution in [3.8, 4) is 0 Å². The highest BCUT2D eigenvalue weighted by molar-refractivity contribution is 7.80. The quantitative estimate of drug-likeness (QED) is 0.725. The van der Waals surface area contributed by atoms with Crippen molar-refractivity contribution in [2.45, 2.75) is 39.2 Å². The molecule has 21 heavy (non-hydrogen) atoms. The van der Waals surface area contributed by atoms with Crippen LogP contribution in [0.4, 0.5) is 5.69 Å². The Bertz CT molecular complexity index is 490. The average Bonchev–Trinajstić information content (AvgIpc) is 2.46. The van der Waals surface area contributed by atoms with Crippen LogP contribution in [0.5, 0.6) is 0 Å². The van der Waals surface area contributed by atoms with E-state index in [9.17, 15) is 4.79 Å². The second-order valence-corrected chi connectivity index (χ2v) is 5.74. The van der Waals surface area contributed by atoms with Gasteiger partial charge in [-0.05, 0) is 45.5 Å². The number of carbonyl (C=O) groups is 1. The van der Waals surface area contributed by atoms with Crippen LogP contribution in [0.1, 0.15) is 38.7 Å². The lowest BCUT2D eigenvalue weighted by Gasteiger charge is -2.23. The van der Waals surface area contributed by atoms with E-state index in [2.05, 4.69) is 31.1 Å². The van der Waals surface area contributed by atoms with Gasteiger partial charge < -0.3 is 16.0 Å². The normalized spacial score (nSPS) is 12.2. The number of hydrogen-bond acceptors (Lipinski definition) is 3. The minimum atomic E-state index is -0.00347. The number of rotatable bonds is 8. The van der Waals surface area contributed by atoms with Crippen molar-refractivity contribution in [3.63, 3.8) is 0 Å². The Labute approximate surface area is 132 Å². The fourth-order valence-corrected chi connectivity index (χ4v) is 2.22. The Kier molecular flexibility index (Phi) is 7.32. The van der Waals surface area contributed by atoms with Crippen LogP contribution in [-0.4, -0.2) is 35.4 Å². The summed E-state index contributed by atoms with van der Waals surface area (Å²) in [6, 6.07) is 7.88. The van der Waals surface area contributed by atoms with Crippen molar-refractivity contribution < 1.29 is 4.79 Å². The average molecular weight is 307 g/mol. The van der Waals surface area contributed by atoms with Gasteiger partial charge in [-0.15, -0.1) is 0 Å². The van der Waals surface area contributed by atoms with Crippen molar-refractivity contribution in [2.24, 2.45) is 5.73 Å². The predicted octanol–water partition coefficient (Wildman–Crippen LogP) is 2.77. The van der Waals surface area contributed by atoms with Gasteiger partial charge in [0.1, 0.15) is 4.99 Å². The van der Waals surface area contributed by atoms with E-state index in [1.165, 1.54) is 0 Å². The third kappa shape index (κ3) is 5.81. The lowest BCUT2D eigenvalue weighted by atomic mass is 10.1. The summed E-state index contributed by atoms with van der Waals surface area (Å²) in [5, 5.41) is 2.88. The summed E-state index contributed by atoms with van der Waals surface area (Å²) in [5.74, 6) is -0.00347. The second-order valence-electron chi connectivity index (χ2n) is 5.30. The van der Waals surface area contributed by atoms with Gasteiger partial charge >= 0.3 is 0 Å². The molecule has 4 nitrogen and oxygen atoms in total. The molecule has 0 spiro atoms. The van der Waals surface area contributed by atoms with Crippen LogP contribution in [0.15, 0.2) is 24.3 Å². The molecule has 1 amide bonds. The van der Waals surface area contributed by atoms with Crippen molar-refractivity contribution in [3.05, 3.63) is 29.8 Å². The van der Waals surface area contributed by atoms with Gasteiger partial charge in [-0.2, -0.15) is 0 Å². The molecule has 0 saturated heterocycles. The molecule has 0 radical (unpaired) electrons. The molecule has 0 heterocycles. The molecule has 0 aromatic heterocycles. The maximum atomic E-state index is 12.0. The Balaban J connectivity index is 2.46. The molecule has 0 aliphatic rings. The minimum Gasteiger partial charge on any atom is -0.389 e. The Hall–Kier alpha value is -1.46. The van der Waals surface area contributed by atoms with Gasteiger partial charge in [-0.25, -0.2) is 0 Å². The van der Waals surface area contributed by atoms with Crippen LogP contribution < -0.4 is 11.1 Å². The van der Waals surface area contributed by atoms with Gasteiger partial charge in [0.25, 0.3) is 0 Å². The number of carbonyl (C=O) groups excluding carboxylic acids is 1. The largest absolute Gasteiger partial charge is 0.389 e.